The molecule has 1 saturated heterocycles. The SMILES string of the molecule is CCCN1CC(=O)N(CC(CC)CS)CC1=O. The number of amides is 2. The molecule has 0 radical (unpaired) electrons. The molecular weight excluding hydrogens is 236 g/mol. The van der Waals surface area contributed by atoms with Crippen LogP contribution >= 0.6 is 12.6 Å². The van der Waals surface area contributed by atoms with Gasteiger partial charge in [0.25, 0.3) is 0 Å². The summed E-state index contributed by atoms with van der Waals surface area (Å²) in [5, 5.41) is 0. The first-order valence-corrected chi connectivity index (χ1v) is 6.92. The second-order valence-electron chi connectivity index (χ2n) is 4.55. The van der Waals surface area contributed by atoms with E-state index in [9.17, 15) is 9.59 Å². The number of piperazine rings is 1. The third-order valence-electron chi connectivity index (χ3n) is 3.17. The Hall–Kier alpha value is -0.710. The van der Waals surface area contributed by atoms with Gasteiger partial charge in [0.2, 0.25) is 11.8 Å². The molecule has 1 rings (SSSR count). The molecular formula is C12H22N2O2S. The Kier molecular flexibility index (Phi) is 5.82. The Bertz CT molecular complexity index is 280. The van der Waals surface area contributed by atoms with E-state index in [0.717, 1.165) is 18.6 Å². The van der Waals surface area contributed by atoms with E-state index in [4.69, 9.17) is 0 Å². The monoisotopic (exact) mass is 258 g/mol. The molecule has 0 aromatic rings. The number of carbonyl (C=O) groups is 2. The van der Waals surface area contributed by atoms with Crippen LogP contribution in [0.5, 0.6) is 0 Å². The van der Waals surface area contributed by atoms with Crippen LogP contribution in [0.1, 0.15) is 26.7 Å². The lowest BCUT2D eigenvalue weighted by Crippen LogP contribution is -2.54. The topological polar surface area (TPSA) is 40.6 Å². The third kappa shape index (κ3) is 3.91. The van der Waals surface area contributed by atoms with E-state index in [0.29, 0.717) is 19.0 Å². The van der Waals surface area contributed by atoms with Crippen molar-refractivity contribution in [3.05, 3.63) is 0 Å². The molecule has 0 bridgehead atoms. The first-order chi connectivity index (χ1) is 8.12. The van der Waals surface area contributed by atoms with E-state index in [-0.39, 0.29) is 24.9 Å². The second kappa shape index (κ2) is 6.89. The Morgan fingerprint density at radius 3 is 2.29 bits per heavy atom. The molecule has 1 fully saturated rings. The molecule has 1 heterocycles. The Labute approximate surface area is 109 Å². The molecule has 0 aromatic carbocycles. The molecule has 0 aliphatic carbocycles. The zero-order valence-corrected chi connectivity index (χ0v) is 11.6. The van der Waals surface area contributed by atoms with Crippen LogP contribution in [0.2, 0.25) is 0 Å². The second-order valence-corrected chi connectivity index (χ2v) is 4.91. The molecule has 98 valence electrons. The van der Waals surface area contributed by atoms with E-state index in [1.165, 1.54) is 0 Å². The van der Waals surface area contributed by atoms with E-state index in [1.54, 1.807) is 9.80 Å². The van der Waals surface area contributed by atoms with Crippen LogP contribution in [0.25, 0.3) is 0 Å². The largest absolute Gasteiger partial charge is 0.332 e. The molecule has 0 saturated carbocycles. The van der Waals surface area contributed by atoms with Crippen LogP contribution in [-0.2, 0) is 9.59 Å². The fourth-order valence-electron chi connectivity index (χ4n) is 1.97. The molecule has 1 atom stereocenters. The minimum absolute atomic E-state index is 0.0679. The van der Waals surface area contributed by atoms with Crippen molar-refractivity contribution in [2.24, 2.45) is 5.92 Å². The molecule has 0 aromatic heterocycles. The van der Waals surface area contributed by atoms with Crippen LogP contribution in [0.15, 0.2) is 0 Å². The summed E-state index contributed by atoms with van der Waals surface area (Å²) in [6.07, 6.45) is 1.88. The van der Waals surface area contributed by atoms with Crippen molar-refractivity contribution in [3.8, 4) is 0 Å². The quantitative estimate of drug-likeness (QED) is 0.723. The Balaban J connectivity index is 2.54. The molecule has 2 amide bonds. The normalized spacial score (nSPS) is 18.8. The van der Waals surface area contributed by atoms with Gasteiger partial charge < -0.3 is 9.80 Å². The van der Waals surface area contributed by atoms with Crippen molar-refractivity contribution in [3.63, 3.8) is 0 Å². The van der Waals surface area contributed by atoms with E-state index >= 15 is 0 Å². The van der Waals surface area contributed by atoms with Gasteiger partial charge in [-0.1, -0.05) is 20.3 Å². The van der Waals surface area contributed by atoms with Crippen molar-refractivity contribution < 1.29 is 9.59 Å². The van der Waals surface area contributed by atoms with Crippen LogP contribution in [-0.4, -0.2) is 53.5 Å². The summed E-state index contributed by atoms with van der Waals surface area (Å²) >= 11 is 4.27. The number of thiol groups is 1. The molecule has 5 heteroatoms. The molecule has 1 aliphatic heterocycles. The zero-order valence-electron chi connectivity index (χ0n) is 10.7. The summed E-state index contributed by atoms with van der Waals surface area (Å²) < 4.78 is 0. The highest BCUT2D eigenvalue weighted by Gasteiger charge is 2.29. The summed E-state index contributed by atoms with van der Waals surface area (Å²) in [5.41, 5.74) is 0. The first-order valence-electron chi connectivity index (χ1n) is 6.28. The molecule has 0 N–H and O–H groups in total. The lowest BCUT2D eigenvalue weighted by molar-refractivity contribution is -0.150. The molecule has 17 heavy (non-hydrogen) atoms. The van der Waals surface area contributed by atoms with Gasteiger partial charge in [-0.2, -0.15) is 12.6 Å². The molecule has 1 aliphatic rings. The lowest BCUT2D eigenvalue weighted by atomic mass is 10.1. The summed E-state index contributed by atoms with van der Waals surface area (Å²) in [6.45, 7) is 5.92. The molecule has 0 spiro atoms. The standard InChI is InChI=1S/C12H22N2O2S/c1-3-5-13-7-12(16)14(8-11(13)15)6-10(4-2)9-17/h10,17H,3-9H2,1-2H3. The predicted octanol–water partition coefficient (Wildman–Crippen LogP) is 1.02. The van der Waals surface area contributed by atoms with Crippen molar-refractivity contribution in [1.29, 1.82) is 0 Å². The summed E-state index contributed by atoms with van der Waals surface area (Å²) in [5.74, 6) is 1.28. The number of hydrogen-bond acceptors (Lipinski definition) is 3. The maximum atomic E-state index is 11.9. The van der Waals surface area contributed by atoms with Gasteiger partial charge in [0.15, 0.2) is 0 Å². The minimum atomic E-state index is 0.0679. The number of rotatable bonds is 6. The van der Waals surface area contributed by atoms with Crippen LogP contribution < -0.4 is 0 Å². The Morgan fingerprint density at radius 1 is 1.18 bits per heavy atom. The number of carbonyl (C=O) groups excluding carboxylic acids is 2. The van der Waals surface area contributed by atoms with Crippen LogP contribution in [0, 0.1) is 5.92 Å². The van der Waals surface area contributed by atoms with Gasteiger partial charge in [-0.25, -0.2) is 0 Å². The zero-order chi connectivity index (χ0) is 12.8. The highest BCUT2D eigenvalue weighted by atomic mass is 32.1. The highest BCUT2D eigenvalue weighted by molar-refractivity contribution is 7.80. The average molecular weight is 258 g/mol. The predicted molar refractivity (Wildman–Crippen MR) is 71.1 cm³/mol. The van der Waals surface area contributed by atoms with E-state index in [2.05, 4.69) is 19.6 Å². The molecule has 1 unspecified atom stereocenters. The van der Waals surface area contributed by atoms with Gasteiger partial charge in [0, 0.05) is 13.1 Å². The summed E-state index contributed by atoms with van der Waals surface area (Å²) in [7, 11) is 0. The van der Waals surface area contributed by atoms with Crippen LogP contribution in [0.3, 0.4) is 0 Å². The van der Waals surface area contributed by atoms with E-state index in [1.807, 2.05) is 6.92 Å². The Morgan fingerprint density at radius 2 is 1.76 bits per heavy atom. The molecule has 4 nitrogen and oxygen atoms in total. The maximum absolute atomic E-state index is 11.9. The van der Waals surface area contributed by atoms with Gasteiger partial charge in [-0.15, -0.1) is 0 Å². The number of nitrogens with zero attached hydrogens (tertiary/aromatic N) is 2. The minimum Gasteiger partial charge on any atom is -0.332 e. The number of hydrogen-bond donors (Lipinski definition) is 1. The third-order valence-corrected chi connectivity index (χ3v) is 3.68. The van der Waals surface area contributed by atoms with Crippen LogP contribution in [0.4, 0.5) is 0 Å². The van der Waals surface area contributed by atoms with Gasteiger partial charge in [0.1, 0.15) is 0 Å². The summed E-state index contributed by atoms with van der Waals surface area (Å²) in [6, 6.07) is 0. The fourth-order valence-corrected chi connectivity index (χ4v) is 2.34. The fraction of sp³-hybridized carbons (Fsp3) is 0.833. The van der Waals surface area contributed by atoms with Crippen molar-refractivity contribution in [1.82, 2.24) is 9.80 Å². The smallest absolute Gasteiger partial charge is 0.242 e. The van der Waals surface area contributed by atoms with Gasteiger partial charge in [0.05, 0.1) is 13.1 Å². The van der Waals surface area contributed by atoms with E-state index < -0.39 is 0 Å². The lowest BCUT2D eigenvalue weighted by Gasteiger charge is -2.35. The van der Waals surface area contributed by atoms with Crippen molar-refractivity contribution in [2.75, 3.05) is 31.9 Å². The highest BCUT2D eigenvalue weighted by Crippen LogP contribution is 2.12. The average Bonchev–Trinajstić information content (AvgIpc) is 2.32. The van der Waals surface area contributed by atoms with Gasteiger partial charge >= 0.3 is 0 Å². The van der Waals surface area contributed by atoms with Crippen molar-refractivity contribution in [2.45, 2.75) is 26.7 Å². The summed E-state index contributed by atoms with van der Waals surface area (Å²) in [4.78, 5) is 27.0. The van der Waals surface area contributed by atoms with Gasteiger partial charge in [-0.05, 0) is 18.1 Å². The van der Waals surface area contributed by atoms with Crippen molar-refractivity contribution >= 4 is 24.4 Å². The van der Waals surface area contributed by atoms with Gasteiger partial charge in [-0.3, -0.25) is 9.59 Å². The first kappa shape index (κ1) is 14.4. The maximum Gasteiger partial charge on any atom is 0.242 e.